The summed E-state index contributed by atoms with van der Waals surface area (Å²) in [7, 11) is 0. The average Bonchev–Trinajstić information content (AvgIpc) is 2.51. The van der Waals surface area contributed by atoms with Crippen LogP contribution in [0.4, 0.5) is 5.69 Å². The van der Waals surface area contributed by atoms with Gasteiger partial charge in [-0.2, -0.15) is 0 Å². The van der Waals surface area contributed by atoms with Gasteiger partial charge in [-0.15, -0.1) is 22.7 Å². The Labute approximate surface area is 88.0 Å². The quantitative estimate of drug-likeness (QED) is 0.739. The smallest absolute Gasteiger partial charge is 0.228 e. The molecule has 2 heterocycles. The number of thiol groups is 1. The third-order valence-electron chi connectivity index (χ3n) is 1.59. The van der Waals surface area contributed by atoms with Gasteiger partial charge >= 0.3 is 0 Å². The molecule has 0 saturated heterocycles. The van der Waals surface area contributed by atoms with Gasteiger partial charge in [0.1, 0.15) is 9.71 Å². The number of carbonyl (C=O) groups excluding carboxylic acids is 1. The van der Waals surface area contributed by atoms with E-state index in [2.05, 4.69) is 17.6 Å². The van der Waals surface area contributed by atoms with Crippen molar-refractivity contribution in [3.8, 4) is 0 Å². The summed E-state index contributed by atoms with van der Waals surface area (Å²) in [5.74, 6) is 0. The molecule has 2 aromatic rings. The van der Waals surface area contributed by atoms with Crippen LogP contribution in [0.15, 0.2) is 0 Å². The molecule has 13 heavy (non-hydrogen) atoms. The Morgan fingerprint density at radius 3 is 2.77 bits per heavy atom. The summed E-state index contributed by atoms with van der Waals surface area (Å²) in [5.41, 5.74) is 6.28. The van der Waals surface area contributed by atoms with E-state index in [1.807, 2.05) is 6.92 Å². The minimum absolute atomic E-state index is 0.287. The van der Waals surface area contributed by atoms with Gasteiger partial charge in [-0.25, -0.2) is 4.98 Å². The molecule has 0 aromatic carbocycles. The first-order chi connectivity index (χ1) is 6.09. The minimum atomic E-state index is -0.287. The number of nitrogens with two attached hydrogens (primary N) is 1. The zero-order valence-corrected chi connectivity index (χ0v) is 9.22. The molecule has 6 heteroatoms. The van der Waals surface area contributed by atoms with Gasteiger partial charge in [-0.3, -0.25) is 4.79 Å². The second-order valence-corrected chi connectivity index (χ2v) is 5.13. The molecule has 0 spiro atoms. The van der Waals surface area contributed by atoms with Crippen molar-refractivity contribution in [2.45, 2.75) is 6.92 Å². The van der Waals surface area contributed by atoms with Gasteiger partial charge < -0.3 is 5.73 Å². The van der Waals surface area contributed by atoms with E-state index in [0.29, 0.717) is 10.6 Å². The van der Waals surface area contributed by atoms with Crippen LogP contribution in [0.2, 0.25) is 0 Å². The van der Waals surface area contributed by atoms with E-state index in [1.165, 1.54) is 22.7 Å². The number of thiazole rings is 1. The number of thiophene rings is 1. The van der Waals surface area contributed by atoms with Crippen molar-refractivity contribution in [2.75, 3.05) is 5.73 Å². The molecule has 0 fully saturated rings. The van der Waals surface area contributed by atoms with E-state index in [0.717, 1.165) is 14.5 Å². The molecular formula is C7H6N2OS3. The predicted octanol–water partition coefficient (Wildman–Crippen LogP) is 2.32. The number of aryl methyl sites for hydroxylation is 1. The van der Waals surface area contributed by atoms with Crippen LogP contribution in [0.3, 0.4) is 0 Å². The highest BCUT2D eigenvalue weighted by Crippen LogP contribution is 2.37. The van der Waals surface area contributed by atoms with Gasteiger partial charge in [0.25, 0.3) is 0 Å². The third-order valence-corrected chi connectivity index (χ3v) is 4.19. The Bertz CT molecular complexity index is 485. The maximum atomic E-state index is 11.0. The topological polar surface area (TPSA) is 56.0 Å². The van der Waals surface area contributed by atoms with Crippen LogP contribution < -0.4 is 5.73 Å². The molecular weight excluding hydrogens is 224 g/mol. The highest BCUT2D eigenvalue weighted by Gasteiger charge is 2.16. The van der Waals surface area contributed by atoms with Gasteiger partial charge in [-0.1, -0.05) is 12.6 Å². The van der Waals surface area contributed by atoms with Crippen LogP contribution in [0, 0.1) is 6.92 Å². The lowest BCUT2D eigenvalue weighted by Gasteiger charge is -1.89. The zero-order chi connectivity index (χ0) is 9.59. The lowest BCUT2D eigenvalue weighted by Crippen LogP contribution is -1.90. The van der Waals surface area contributed by atoms with Crippen molar-refractivity contribution in [2.24, 2.45) is 0 Å². The fourth-order valence-electron chi connectivity index (χ4n) is 1.06. The van der Waals surface area contributed by atoms with Crippen LogP contribution in [-0.4, -0.2) is 10.1 Å². The van der Waals surface area contributed by atoms with Crippen LogP contribution in [0.25, 0.3) is 9.53 Å². The minimum Gasteiger partial charge on any atom is -0.396 e. The molecule has 0 amide bonds. The Hall–Kier alpha value is -0.590. The van der Waals surface area contributed by atoms with Crippen molar-refractivity contribution < 1.29 is 4.79 Å². The van der Waals surface area contributed by atoms with Gasteiger partial charge in [-0.05, 0) is 6.92 Å². The van der Waals surface area contributed by atoms with E-state index in [-0.39, 0.29) is 5.12 Å². The maximum absolute atomic E-state index is 11.0. The van der Waals surface area contributed by atoms with E-state index >= 15 is 0 Å². The van der Waals surface area contributed by atoms with Gasteiger partial charge in [0.2, 0.25) is 5.12 Å². The predicted molar refractivity (Wildman–Crippen MR) is 60.0 cm³/mol. The fraction of sp³-hybridized carbons (Fsp3) is 0.143. The SMILES string of the molecule is Cc1nc2sc(C(=O)S)c(N)c2s1. The van der Waals surface area contributed by atoms with Crippen molar-refractivity contribution in [3.63, 3.8) is 0 Å². The van der Waals surface area contributed by atoms with E-state index in [1.54, 1.807) is 0 Å². The van der Waals surface area contributed by atoms with Crippen LogP contribution in [0.1, 0.15) is 14.7 Å². The Morgan fingerprint density at radius 2 is 2.23 bits per heavy atom. The van der Waals surface area contributed by atoms with Gasteiger partial charge in [0, 0.05) is 0 Å². The standard InChI is InChI=1S/C7H6N2OS3/c1-2-9-6-4(12-2)3(8)5(13-6)7(10)11/h8H2,1H3,(H,10,11). The van der Waals surface area contributed by atoms with Crippen molar-refractivity contribution in [1.82, 2.24) is 4.98 Å². The van der Waals surface area contributed by atoms with Gasteiger partial charge in [0.05, 0.1) is 15.4 Å². The first-order valence-electron chi connectivity index (χ1n) is 3.48. The van der Waals surface area contributed by atoms with E-state index in [9.17, 15) is 4.79 Å². The monoisotopic (exact) mass is 230 g/mol. The second-order valence-electron chi connectivity index (χ2n) is 2.52. The van der Waals surface area contributed by atoms with Crippen LogP contribution in [-0.2, 0) is 0 Å². The summed E-state index contributed by atoms with van der Waals surface area (Å²) in [6.45, 7) is 1.92. The van der Waals surface area contributed by atoms with Gasteiger partial charge in [0.15, 0.2) is 0 Å². The molecule has 0 aliphatic carbocycles. The highest BCUT2D eigenvalue weighted by molar-refractivity contribution is 7.97. The Kier molecular flexibility index (Phi) is 2.05. The molecule has 0 saturated carbocycles. The fourth-order valence-corrected chi connectivity index (χ4v) is 3.35. The summed E-state index contributed by atoms with van der Waals surface area (Å²) in [6.07, 6.45) is 0. The Morgan fingerprint density at radius 1 is 1.54 bits per heavy atom. The molecule has 0 atom stereocenters. The molecule has 2 N–H and O–H groups in total. The molecule has 2 aromatic heterocycles. The maximum Gasteiger partial charge on any atom is 0.228 e. The number of nitrogen functional groups attached to an aromatic ring is 1. The second kappa shape index (κ2) is 2.97. The number of carbonyl (C=O) groups is 1. The molecule has 3 nitrogen and oxygen atoms in total. The van der Waals surface area contributed by atoms with Crippen LogP contribution in [0.5, 0.6) is 0 Å². The summed E-state index contributed by atoms with van der Waals surface area (Å²) in [6, 6.07) is 0. The van der Waals surface area contributed by atoms with Crippen molar-refractivity contribution in [3.05, 3.63) is 9.88 Å². The highest BCUT2D eigenvalue weighted by atomic mass is 32.1. The first kappa shape index (κ1) is 8.98. The number of fused-ring (bicyclic) bond motifs is 1. The molecule has 0 aliphatic heterocycles. The van der Waals surface area contributed by atoms with E-state index in [4.69, 9.17) is 5.73 Å². The third kappa shape index (κ3) is 1.34. The summed E-state index contributed by atoms with van der Waals surface area (Å²) in [4.78, 5) is 16.6. The molecule has 0 radical (unpaired) electrons. The lowest BCUT2D eigenvalue weighted by atomic mass is 10.4. The van der Waals surface area contributed by atoms with Crippen molar-refractivity contribution in [1.29, 1.82) is 0 Å². The van der Waals surface area contributed by atoms with E-state index < -0.39 is 0 Å². The lowest BCUT2D eigenvalue weighted by molar-refractivity contribution is 0.109. The number of aromatic nitrogens is 1. The molecule has 68 valence electrons. The molecule has 2 rings (SSSR count). The number of rotatable bonds is 1. The summed E-state index contributed by atoms with van der Waals surface area (Å²) >= 11 is 6.54. The van der Waals surface area contributed by atoms with Crippen LogP contribution >= 0.6 is 35.3 Å². The number of anilines is 1. The summed E-state index contributed by atoms with van der Waals surface area (Å²) < 4.78 is 0.903. The molecule has 0 bridgehead atoms. The number of hydrogen-bond acceptors (Lipinski definition) is 5. The first-order valence-corrected chi connectivity index (χ1v) is 5.56. The average molecular weight is 230 g/mol. The molecule has 0 aliphatic rings. The molecule has 0 unspecified atom stereocenters. The normalized spacial score (nSPS) is 10.9. The number of nitrogens with zero attached hydrogens (tertiary/aromatic N) is 1. The largest absolute Gasteiger partial charge is 0.396 e. The van der Waals surface area contributed by atoms with Crippen molar-refractivity contribution >= 4 is 55.6 Å². The Balaban J connectivity index is 2.76. The summed E-state index contributed by atoms with van der Waals surface area (Å²) in [5, 5.41) is 0.677. The zero-order valence-electron chi connectivity index (χ0n) is 6.70. The number of hydrogen-bond donors (Lipinski definition) is 2.